The summed E-state index contributed by atoms with van der Waals surface area (Å²) in [4.78, 5) is 27.8. The summed E-state index contributed by atoms with van der Waals surface area (Å²) in [5.41, 5.74) is 7.97. The lowest BCUT2D eigenvalue weighted by Gasteiger charge is -2.39. The number of piperidine rings is 1. The van der Waals surface area contributed by atoms with Crippen LogP contribution in [0.2, 0.25) is 5.02 Å². The van der Waals surface area contributed by atoms with E-state index in [2.05, 4.69) is 41.6 Å². The van der Waals surface area contributed by atoms with E-state index in [0.717, 1.165) is 48.8 Å². The molecule has 9 nitrogen and oxygen atoms in total. The second-order valence-electron chi connectivity index (χ2n) is 8.07. The molecule has 2 aliphatic rings. The number of likely N-dealkylation sites (N-methyl/N-ethyl adjacent to an activating group) is 1. The molecule has 0 saturated carbocycles. The monoisotopic (exact) mass is 523 g/mol. The highest BCUT2D eigenvalue weighted by Gasteiger charge is 2.33. The molecule has 1 unspecified atom stereocenters. The van der Waals surface area contributed by atoms with E-state index in [4.69, 9.17) is 16.3 Å². The first kappa shape index (κ1) is 23.0. The number of halogens is 2. The van der Waals surface area contributed by atoms with Gasteiger partial charge in [-0.2, -0.15) is 0 Å². The third-order valence-corrected chi connectivity index (χ3v) is 6.57. The topological polar surface area (TPSA) is 85.9 Å². The third kappa shape index (κ3) is 5.09. The van der Waals surface area contributed by atoms with Crippen molar-refractivity contribution in [1.29, 1.82) is 0 Å². The number of rotatable bonds is 6. The third-order valence-electron chi connectivity index (χ3n) is 5.63. The number of ether oxygens (including phenoxy) is 1. The number of hydrogen-bond donors (Lipinski definition) is 2. The van der Waals surface area contributed by atoms with Crippen LogP contribution in [0.1, 0.15) is 23.4 Å². The number of hydrogen-bond acceptors (Lipinski definition) is 8. The van der Waals surface area contributed by atoms with Gasteiger partial charge in [-0.1, -0.05) is 27.5 Å². The molecule has 1 fully saturated rings. The van der Waals surface area contributed by atoms with Crippen LogP contribution < -0.4 is 20.7 Å². The van der Waals surface area contributed by atoms with E-state index in [1.165, 1.54) is 0 Å². The molecule has 11 heteroatoms. The van der Waals surface area contributed by atoms with Crippen LogP contribution in [0.15, 0.2) is 30.6 Å². The molecule has 1 aromatic heterocycles. The minimum atomic E-state index is -0.329. The molecular formula is C21H27BrClN7O2. The van der Waals surface area contributed by atoms with Crippen LogP contribution in [0.5, 0.6) is 0 Å². The van der Waals surface area contributed by atoms with Gasteiger partial charge in [0.25, 0.3) is 0 Å². The highest BCUT2D eigenvalue weighted by Crippen LogP contribution is 2.38. The molecule has 32 heavy (non-hydrogen) atoms. The Hall–Kier alpha value is -2.14. The van der Waals surface area contributed by atoms with Gasteiger partial charge in [0.15, 0.2) is 5.82 Å². The molecule has 0 radical (unpaired) electrons. The van der Waals surface area contributed by atoms with Crippen LogP contribution in [-0.2, 0) is 4.74 Å². The standard InChI is InChI=1S/C21H27BrClN7O2/c1-28(2)11-12-32-21(31)30(15-5-3-14(23)4-6-15)16-7-9-29(10-8-16)20-17-18(22)26-27-19(17)24-13-25-20/h3-6,13,16,18,26H,7-12H2,1-2H3,(H,24,25,27). The van der Waals surface area contributed by atoms with Crippen molar-refractivity contribution in [3.8, 4) is 0 Å². The predicted octanol–water partition coefficient (Wildman–Crippen LogP) is 3.63. The zero-order valence-electron chi connectivity index (χ0n) is 18.1. The molecule has 0 bridgehead atoms. The zero-order chi connectivity index (χ0) is 22.7. The fourth-order valence-corrected chi connectivity index (χ4v) is 4.63. The summed E-state index contributed by atoms with van der Waals surface area (Å²) in [5, 5.41) is 0.633. The number of nitrogens with zero attached hydrogens (tertiary/aromatic N) is 5. The zero-order valence-corrected chi connectivity index (χ0v) is 20.4. The van der Waals surface area contributed by atoms with Crippen LogP contribution in [0.25, 0.3) is 0 Å². The lowest BCUT2D eigenvalue weighted by Crippen LogP contribution is -2.48. The van der Waals surface area contributed by atoms with Crippen molar-refractivity contribution in [3.63, 3.8) is 0 Å². The van der Waals surface area contributed by atoms with E-state index in [1.807, 2.05) is 31.1 Å². The molecular weight excluding hydrogens is 498 g/mol. The molecule has 0 spiro atoms. The number of amides is 1. The molecule has 4 rings (SSSR count). The average Bonchev–Trinajstić information content (AvgIpc) is 3.17. The van der Waals surface area contributed by atoms with Gasteiger partial charge in [0.2, 0.25) is 0 Å². The Kier molecular flexibility index (Phi) is 7.34. The van der Waals surface area contributed by atoms with E-state index in [9.17, 15) is 4.79 Å². The van der Waals surface area contributed by atoms with Crippen molar-refractivity contribution in [1.82, 2.24) is 20.3 Å². The van der Waals surface area contributed by atoms with Crippen molar-refractivity contribution < 1.29 is 9.53 Å². The van der Waals surface area contributed by atoms with Crippen molar-refractivity contribution >= 4 is 50.9 Å². The summed E-state index contributed by atoms with van der Waals surface area (Å²) in [6.07, 6.45) is 2.82. The minimum Gasteiger partial charge on any atom is -0.448 e. The quantitative estimate of drug-likeness (QED) is 0.438. The number of carbonyl (C=O) groups is 1. The molecule has 172 valence electrons. The largest absolute Gasteiger partial charge is 0.448 e. The van der Waals surface area contributed by atoms with Gasteiger partial charge in [-0.25, -0.2) is 20.2 Å². The van der Waals surface area contributed by atoms with Gasteiger partial charge < -0.3 is 20.0 Å². The van der Waals surface area contributed by atoms with Gasteiger partial charge in [0.05, 0.1) is 5.56 Å². The van der Waals surface area contributed by atoms with Crippen molar-refractivity contribution in [2.75, 3.05) is 55.6 Å². The Labute approximate surface area is 201 Å². The lowest BCUT2D eigenvalue weighted by atomic mass is 10.0. The summed E-state index contributed by atoms with van der Waals surface area (Å²) >= 11 is 9.69. The number of alkyl halides is 1. The van der Waals surface area contributed by atoms with E-state index in [1.54, 1.807) is 23.4 Å². The van der Waals surface area contributed by atoms with Crippen molar-refractivity contribution in [3.05, 3.63) is 41.2 Å². The van der Waals surface area contributed by atoms with Crippen LogP contribution in [0.3, 0.4) is 0 Å². The highest BCUT2D eigenvalue weighted by molar-refractivity contribution is 9.09. The smallest absolute Gasteiger partial charge is 0.414 e. The van der Waals surface area contributed by atoms with Gasteiger partial charge in [0, 0.05) is 36.4 Å². The van der Waals surface area contributed by atoms with E-state index < -0.39 is 0 Å². The van der Waals surface area contributed by atoms with Gasteiger partial charge in [-0.3, -0.25) is 4.90 Å². The van der Waals surface area contributed by atoms with Crippen LogP contribution in [0.4, 0.5) is 22.1 Å². The number of carbonyl (C=O) groups excluding carboxylic acids is 1. The van der Waals surface area contributed by atoms with Gasteiger partial charge in [-0.15, -0.1) is 0 Å². The predicted molar refractivity (Wildman–Crippen MR) is 130 cm³/mol. The van der Waals surface area contributed by atoms with Gasteiger partial charge in [0.1, 0.15) is 23.7 Å². The highest BCUT2D eigenvalue weighted by atomic mass is 79.9. The second-order valence-corrected chi connectivity index (χ2v) is 9.43. The number of fused-ring (bicyclic) bond motifs is 1. The fraction of sp³-hybridized carbons (Fsp3) is 0.476. The number of hydrazine groups is 1. The second kappa shape index (κ2) is 10.2. The average molecular weight is 525 g/mol. The molecule has 1 atom stereocenters. The fourth-order valence-electron chi connectivity index (χ4n) is 3.96. The number of aromatic nitrogens is 2. The van der Waals surface area contributed by atoms with Crippen LogP contribution >= 0.6 is 27.5 Å². The first-order chi connectivity index (χ1) is 15.4. The molecule has 1 saturated heterocycles. The Morgan fingerprint density at radius 3 is 2.66 bits per heavy atom. The summed E-state index contributed by atoms with van der Waals surface area (Å²) in [6, 6.07) is 7.35. The van der Waals surface area contributed by atoms with Gasteiger partial charge >= 0.3 is 6.09 Å². The molecule has 0 aliphatic carbocycles. The summed E-state index contributed by atoms with van der Waals surface area (Å²) < 4.78 is 5.59. The van der Waals surface area contributed by atoms with E-state index >= 15 is 0 Å². The summed E-state index contributed by atoms with van der Waals surface area (Å²) in [6.45, 7) is 2.55. The number of anilines is 3. The summed E-state index contributed by atoms with van der Waals surface area (Å²) in [7, 11) is 3.90. The normalized spacial score (nSPS) is 18.4. The molecule has 1 aromatic carbocycles. The molecule has 2 N–H and O–H groups in total. The maximum Gasteiger partial charge on any atom is 0.414 e. The SMILES string of the molecule is CN(C)CCOC(=O)N(c1ccc(Cl)cc1)C1CCN(c2ncnc3c2C(Br)NN3)CC1. The first-order valence-corrected chi connectivity index (χ1v) is 11.8. The Morgan fingerprint density at radius 1 is 1.25 bits per heavy atom. The summed E-state index contributed by atoms with van der Waals surface area (Å²) in [5.74, 6) is 1.69. The van der Waals surface area contributed by atoms with Gasteiger partial charge in [-0.05, 0) is 51.2 Å². The van der Waals surface area contributed by atoms with E-state index in [0.29, 0.717) is 18.2 Å². The minimum absolute atomic E-state index is 0.0187. The Balaban J connectivity index is 1.48. The molecule has 1 amide bonds. The van der Waals surface area contributed by atoms with Crippen molar-refractivity contribution in [2.45, 2.75) is 23.8 Å². The molecule has 3 heterocycles. The number of nitrogens with one attached hydrogen (secondary N) is 2. The van der Waals surface area contributed by atoms with Crippen molar-refractivity contribution in [2.24, 2.45) is 0 Å². The maximum absolute atomic E-state index is 13.1. The molecule has 2 aliphatic heterocycles. The number of benzene rings is 1. The van der Waals surface area contributed by atoms with Crippen LogP contribution in [-0.4, -0.2) is 67.3 Å². The molecule has 2 aromatic rings. The lowest BCUT2D eigenvalue weighted by molar-refractivity contribution is 0.140. The first-order valence-electron chi connectivity index (χ1n) is 10.6. The Morgan fingerprint density at radius 2 is 1.97 bits per heavy atom. The van der Waals surface area contributed by atoms with E-state index in [-0.39, 0.29) is 17.1 Å². The maximum atomic E-state index is 13.1. The Bertz CT molecular complexity index is 938. The van der Waals surface area contributed by atoms with Crippen LogP contribution in [0, 0.1) is 0 Å².